The van der Waals surface area contributed by atoms with Gasteiger partial charge in [-0.1, -0.05) is 28.1 Å². The molecule has 5 heteroatoms. The van der Waals surface area contributed by atoms with Crippen molar-refractivity contribution in [1.29, 1.82) is 0 Å². The van der Waals surface area contributed by atoms with E-state index in [1.165, 1.54) is 5.56 Å². The number of aryl methyl sites for hydroxylation is 1. The molecule has 0 aliphatic carbocycles. The summed E-state index contributed by atoms with van der Waals surface area (Å²) >= 11 is 3.44. The van der Waals surface area contributed by atoms with Gasteiger partial charge in [0.15, 0.2) is 0 Å². The van der Waals surface area contributed by atoms with Crippen molar-refractivity contribution < 1.29 is 4.79 Å². The lowest BCUT2D eigenvalue weighted by molar-refractivity contribution is -0.121. The first-order valence-corrected chi connectivity index (χ1v) is 8.99. The van der Waals surface area contributed by atoms with Crippen LogP contribution in [0.3, 0.4) is 0 Å². The van der Waals surface area contributed by atoms with Crippen LogP contribution in [0.2, 0.25) is 0 Å². The Hall–Kier alpha value is -1.88. The topological polar surface area (TPSA) is 45.2 Å². The van der Waals surface area contributed by atoms with Gasteiger partial charge in [-0.05, 0) is 49.6 Å². The van der Waals surface area contributed by atoms with E-state index in [1.54, 1.807) is 12.4 Å². The number of anilines is 1. The Morgan fingerprint density at radius 1 is 1.21 bits per heavy atom. The number of amides is 1. The van der Waals surface area contributed by atoms with E-state index in [1.807, 2.05) is 31.3 Å². The highest BCUT2D eigenvalue weighted by atomic mass is 79.9. The summed E-state index contributed by atoms with van der Waals surface area (Å²) in [6.45, 7) is 2.75. The minimum Gasteiger partial charge on any atom is -0.374 e. The first kappa shape index (κ1) is 18.5. The summed E-state index contributed by atoms with van der Waals surface area (Å²) < 4.78 is 1.09. The number of hydrogen-bond acceptors (Lipinski definition) is 3. The van der Waals surface area contributed by atoms with Crippen LogP contribution in [0.15, 0.2) is 53.3 Å². The van der Waals surface area contributed by atoms with Crippen molar-refractivity contribution in [2.24, 2.45) is 0 Å². The van der Waals surface area contributed by atoms with Crippen LogP contribution in [0, 0.1) is 0 Å². The van der Waals surface area contributed by atoms with Gasteiger partial charge in [-0.25, -0.2) is 0 Å². The fourth-order valence-corrected chi connectivity index (χ4v) is 2.71. The van der Waals surface area contributed by atoms with Crippen molar-refractivity contribution in [1.82, 2.24) is 10.3 Å². The number of aromatic nitrogens is 1. The molecule has 4 nitrogen and oxygen atoms in total. The van der Waals surface area contributed by atoms with E-state index >= 15 is 0 Å². The highest BCUT2D eigenvalue weighted by Gasteiger charge is 2.09. The number of carbonyl (C=O) groups excluding carboxylic acids is 1. The zero-order chi connectivity index (χ0) is 17.4. The second-order valence-corrected chi connectivity index (χ2v) is 6.93. The van der Waals surface area contributed by atoms with Crippen LogP contribution in [0.25, 0.3) is 0 Å². The van der Waals surface area contributed by atoms with Gasteiger partial charge in [0.25, 0.3) is 0 Å². The average Bonchev–Trinajstić information content (AvgIpc) is 2.60. The summed E-state index contributed by atoms with van der Waals surface area (Å²) in [5.74, 6) is 0.0965. The molecule has 1 heterocycles. The maximum absolute atomic E-state index is 12.1. The monoisotopic (exact) mass is 389 g/mol. The lowest BCUT2D eigenvalue weighted by Gasteiger charge is -2.20. The molecular formula is C19H24BrN3O. The molecule has 0 bridgehead atoms. The van der Waals surface area contributed by atoms with Gasteiger partial charge in [0.05, 0.1) is 0 Å². The summed E-state index contributed by atoms with van der Waals surface area (Å²) in [5.41, 5.74) is 2.36. The normalized spacial score (nSPS) is 11.8. The van der Waals surface area contributed by atoms with Gasteiger partial charge in [-0.2, -0.15) is 0 Å². The molecule has 0 saturated carbocycles. The summed E-state index contributed by atoms with van der Waals surface area (Å²) in [7, 11) is 1.99. The molecule has 24 heavy (non-hydrogen) atoms. The molecule has 1 aromatic heterocycles. The first-order chi connectivity index (χ1) is 11.5. The Morgan fingerprint density at radius 2 is 1.88 bits per heavy atom. The smallest absolute Gasteiger partial charge is 0.221 e. The van der Waals surface area contributed by atoms with Crippen LogP contribution in [0.1, 0.15) is 25.3 Å². The van der Waals surface area contributed by atoms with Crippen molar-refractivity contribution in [2.75, 3.05) is 18.5 Å². The molecule has 0 saturated heterocycles. The van der Waals surface area contributed by atoms with E-state index in [-0.39, 0.29) is 11.9 Å². The van der Waals surface area contributed by atoms with Crippen molar-refractivity contribution in [3.05, 3.63) is 58.8 Å². The van der Waals surface area contributed by atoms with Gasteiger partial charge in [0.1, 0.15) is 0 Å². The van der Waals surface area contributed by atoms with E-state index in [4.69, 9.17) is 0 Å². The molecule has 1 aromatic carbocycles. The number of benzene rings is 1. The number of pyridine rings is 1. The minimum absolute atomic E-state index is 0.0965. The summed E-state index contributed by atoms with van der Waals surface area (Å²) in [4.78, 5) is 18.2. The number of rotatable bonds is 8. The fourth-order valence-electron chi connectivity index (χ4n) is 2.45. The predicted octanol–water partition coefficient (Wildman–Crippen LogP) is 3.81. The van der Waals surface area contributed by atoms with E-state index in [9.17, 15) is 4.79 Å². The van der Waals surface area contributed by atoms with Gasteiger partial charge in [0.2, 0.25) is 5.91 Å². The Kier molecular flexibility index (Phi) is 7.25. The Balaban J connectivity index is 1.68. The zero-order valence-corrected chi connectivity index (χ0v) is 15.8. The summed E-state index contributed by atoms with van der Waals surface area (Å²) in [6.07, 6.45) is 5.91. The Labute approximate surface area is 152 Å². The van der Waals surface area contributed by atoms with Gasteiger partial charge in [-0.15, -0.1) is 0 Å². The first-order valence-electron chi connectivity index (χ1n) is 8.19. The van der Waals surface area contributed by atoms with Gasteiger partial charge in [0, 0.05) is 48.6 Å². The van der Waals surface area contributed by atoms with Crippen molar-refractivity contribution in [3.8, 4) is 0 Å². The van der Waals surface area contributed by atoms with Crippen LogP contribution in [0.5, 0.6) is 0 Å². The molecule has 0 fully saturated rings. The molecule has 0 aliphatic rings. The molecule has 1 amide bonds. The molecular weight excluding hydrogens is 366 g/mol. The number of carbonyl (C=O) groups is 1. The third-order valence-corrected chi connectivity index (χ3v) is 4.49. The summed E-state index contributed by atoms with van der Waals surface area (Å²) in [6, 6.07) is 12.4. The maximum atomic E-state index is 12.1. The third kappa shape index (κ3) is 6.32. The highest BCUT2D eigenvalue weighted by Crippen LogP contribution is 2.13. The van der Waals surface area contributed by atoms with Gasteiger partial charge in [-0.3, -0.25) is 9.78 Å². The number of halogens is 1. The molecule has 0 unspecified atom stereocenters. The van der Waals surface area contributed by atoms with E-state index in [0.29, 0.717) is 13.0 Å². The Morgan fingerprint density at radius 3 is 2.54 bits per heavy atom. The van der Waals surface area contributed by atoms with Crippen LogP contribution in [0.4, 0.5) is 5.69 Å². The van der Waals surface area contributed by atoms with E-state index < -0.39 is 0 Å². The van der Waals surface area contributed by atoms with Crippen molar-refractivity contribution in [2.45, 2.75) is 32.2 Å². The average molecular weight is 390 g/mol. The van der Waals surface area contributed by atoms with Crippen molar-refractivity contribution in [3.63, 3.8) is 0 Å². The zero-order valence-electron chi connectivity index (χ0n) is 14.2. The molecule has 1 atom stereocenters. The van der Waals surface area contributed by atoms with Gasteiger partial charge >= 0.3 is 0 Å². The SMILES string of the molecule is C[C@H](CCc1ccc(Br)cc1)NC(=O)CCN(C)c1ccncc1. The predicted molar refractivity (Wildman–Crippen MR) is 102 cm³/mol. The molecule has 2 aromatic rings. The lowest BCUT2D eigenvalue weighted by Crippen LogP contribution is -2.35. The largest absolute Gasteiger partial charge is 0.374 e. The molecule has 2 rings (SSSR count). The number of nitrogens with zero attached hydrogens (tertiary/aromatic N) is 2. The van der Waals surface area contributed by atoms with Crippen LogP contribution in [-0.4, -0.2) is 30.5 Å². The van der Waals surface area contributed by atoms with Gasteiger partial charge < -0.3 is 10.2 Å². The highest BCUT2D eigenvalue weighted by molar-refractivity contribution is 9.10. The number of hydrogen-bond donors (Lipinski definition) is 1. The third-order valence-electron chi connectivity index (χ3n) is 3.96. The standard InChI is InChI=1S/C19H24BrN3O/c1-15(3-4-16-5-7-17(20)8-6-16)22-19(24)11-14-23(2)18-9-12-21-13-10-18/h5-10,12-13,15H,3-4,11,14H2,1-2H3,(H,22,24)/t15-/m1/s1. The Bertz CT molecular complexity index is 631. The molecule has 0 radical (unpaired) electrons. The van der Waals surface area contributed by atoms with Crippen molar-refractivity contribution >= 4 is 27.5 Å². The second kappa shape index (κ2) is 9.42. The van der Waals surface area contributed by atoms with E-state index in [0.717, 1.165) is 23.0 Å². The fraction of sp³-hybridized carbons (Fsp3) is 0.368. The quantitative estimate of drug-likeness (QED) is 0.746. The van der Waals surface area contributed by atoms with Crippen LogP contribution in [-0.2, 0) is 11.2 Å². The molecule has 128 valence electrons. The van der Waals surface area contributed by atoms with E-state index in [2.05, 4.69) is 50.2 Å². The lowest BCUT2D eigenvalue weighted by atomic mass is 10.1. The molecule has 0 aliphatic heterocycles. The maximum Gasteiger partial charge on any atom is 0.221 e. The van der Waals surface area contributed by atoms with Crippen LogP contribution < -0.4 is 10.2 Å². The molecule has 1 N–H and O–H groups in total. The second-order valence-electron chi connectivity index (χ2n) is 6.01. The van der Waals surface area contributed by atoms with Crippen LogP contribution >= 0.6 is 15.9 Å². The minimum atomic E-state index is 0.0965. The number of nitrogens with one attached hydrogen (secondary N) is 1. The summed E-state index contributed by atoms with van der Waals surface area (Å²) in [5, 5.41) is 3.08. The molecule has 0 spiro atoms.